The van der Waals surface area contributed by atoms with Crippen molar-refractivity contribution >= 4 is 0 Å². The van der Waals surface area contributed by atoms with Crippen molar-refractivity contribution in [3.63, 3.8) is 0 Å². The molecule has 0 saturated heterocycles. The van der Waals surface area contributed by atoms with E-state index in [9.17, 15) is 8.78 Å². The van der Waals surface area contributed by atoms with Gasteiger partial charge >= 0.3 is 0 Å². The van der Waals surface area contributed by atoms with Crippen LogP contribution in [0.25, 0.3) is 0 Å². The highest BCUT2D eigenvalue weighted by Gasteiger charge is 2.27. The smallest absolute Gasteiger partial charge is 0.284 e. The van der Waals surface area contributed by atoms with E-state index >= 15 is 0 Å². The van der Waals surface area contributed by atoms with Crippen molar-refractivity contribution in [1.29, 1.82) is 0 Å². The van der Waals surface area contributed by atoms with Crippen LogP contribution < -0.4 is 4.74 Å². The summed E-state index contributed by atoms with van der Waals surface area (Å²) in [6, 6.07) is 3.24. The molecule has 0 aliphatic carbocycles. The summed E-state index contributed by atoms with van der Waals surface area (Å²) in [5.74, 6) is -1.98. The van der Waals surface area contributed by atoms with Gasteiger partial charge in [-0.2, -0.15) is 0 Å². The van der Waals surface area contributed by atoms with Gasteiger partial charge in [0.25, 0.3) is 11.9 Å². The summed E-state index contributed by atoms with van der Waals surface area (Å²) in [5.41, 5.74) is 0. The van der Waals surface area contributed by atoms with Crippen LogP contribution in [0.15, 0.2) is 29.2 Å². The Labute approximate surface area is 93.9 Å². The summed E-state index contributed by atoms with van der Waals surface area (Å²) in [5, 5.41) is 0. The molecule has 90 valence electrons. The van der Waals surface area contributed by atoms with Gasteiger partial charge in [0.2, 0.25) is 0 Å². The Balaban J connectivity index is 2.56. The van der Waals surface area contributed by atoms with E-state index in [4.69, 9.17) is 9.15 Å². The summed E-state index contributed by atoms with van der Waals surface area (Å²) in [6.07, 6.45) is 1.47. The molecule has 0 aromatic carbocycles. The molecule has 0 fully saturated rings. The molecule has 1 heterocycles. The lowest BCUT2D eigenvalue weighted by Crippen LogP contribution is -2.24. The van der Waals surface area contributed by atoms with Crippen LogP contribution in [0.1, 0.15) is 31.9 Å². The van der Waals surface area contributed by atoms with Crippen LogP contribution >= 0.6 is 0 Å². The predicted molar refractivity (Wildman–Crippen MR) is 58.1 cm³/mol. The first kappa shape index (κ1) is 12.7. The van der Waals surface area contributed by atoms with E-state index in [1.807, 2.05) is 6.92 Å². The second-order valence-corrected chi connectivity index (χ2v) is 3.68. The minimum absolute atomic E-state index is 0.0454. The first-order valence-corrected chi connectivity index (χ1v) is 5.21. The number of furan rings is 1. The topological polar surface area (TPSA) is 22.4 Å². The molecule has 0 spiro atoms. The van der Waals surface area contributed by atoms with E-state index in [0.717, 1.165) is 0 Å². The molecule has 0 radical (unpaired) electrons. The van der Waals surface area contributed by atoms with Gasteiger partial charge in [0, 0.05) is 18.4 Å². The molecule has 0 saturated carbocycles. The lowest BCUT2D eigenvalue weighted by atomic mass is 10.1. The Morgan fingerprint density at radius 1 is 1.56 bits per heavy atom. The lowest BCUT2D eigenvalue weighted by molar-refractivity contribution is -0.0493. The van der Waals surface area contributed by atoms with Crippen molar-refractivity contribution < 1.29 is 17.9 Å². The average molecular weight is 230 g/mol. The second kappa shape index (κ2) is 5.14. The molecule has 0 aliphatic heterocycles. The summed E-state index contributed by atoms with van der Waals surface area (Å²) < 4.78 is 35.9. The largest absolute Gasteiger partial charge is 0.459 e. The van der Waals surface area contributed by atoms with E-state index in [0.29, 0.717) is 5.76 Å². The molecule has 0 unspecified atom stereocenters. The molecular formula is C12H16F2O2. The van der Waals surface area contributed by atoms with E-state index in [-0.39, 0.29) is 18.3 Å². The fourth-order valence-corrected chi connectivity index (χ4v) is 1.05. The SMILES string of the molecule is C=C[C@H](C)c1ccc(OCC(F)(F)CC)o1. The second-order valence-electron chi connectivity index (χ2n) is 3.68. The number of allylic oxidation sites excluding steroid dienone is 1. The van der Waals surface area contributed by atoms with Gasteiger partial charge in [0.15, 0.2) is 6.61 Å². The molecule has 16 heavy (non-hydrogen) atoms. The number of halogens is 2. The highest BCUT2D eigenvalue weighted by atomic mass is 19.3. The van der Waals surface area contributed by atoms with Crippen molar-refractivity contribution in [2.45, 2.75) is 32.1 Å². The molecule has 0 aliphatic rings. The summed E-state index contributed by atoms with van der Waals surface area (Å²) in [6.45, 7) is 6.28. The van der Waals surface area contributed by atoms with E-state index in [2.05, 4.69) is 6.58 Å². The van der Waals surface area contributed by atoms with Gasteiger partial charge in [-0.15, -0.1) is 6.58 Å². The summed E-state index contributed by atoms with van der Waals surface area (Å²) >= 11 is 0. The third-order valence-electron chi connectivity index (χ3n) is 2.35. The molecule has 2 nitrogen and oxygen atoms in total. The fraction of sp³-hybridized carbons (Fsp3) is 0.500. The first-order chi connectivity index (χ1) is 7.48. The maximum Gasteiger partial charge on any atom is 0.284 e. The Kier molecular flexibility index (Phi) is 4.10. The molecule has 1 rings (SSSR count). The maximum absolute atomic E-state index is 12.9. The fourth-order valence-electron chi connectivity index (χ4n) is 1.05. The third-order valence-corrected chi connectivity index (χ3v) is 2.35. The van der Waals surface area contributed by atoms with Gasteiger partial charge in [-0.05, 0) is 6.07 Å². The first-order valence-electron chi connectivity index (χ1n) is 5.21. The lowest BCUT2D eigenvalue weighted by Gasteiger charge is -2.13. The number of hydrogen-bond acceptors (Lipinski definition) is 2. The zero-order chi connectivity index (χ0) is 12.2. The Morgan fingerprint density at radius 2 is 2.25 bits per heavy atom. The molecule has 1 aromatic heterocycles. The minimum Gasteiger partial charge on any atom is -0.459 e. The van der Waals surface area contributed by atoms with Gasteiger partial charge in [0.05, 0.1) is 0 Å². The zero-order valence-electron chi connectivity index (χ0n) is 9.50. The van der Waals surface area contributed by atoms with E-state index in [1.54, 1.807) is 18.2 Å². The van der Waals surface area contributed by atoms with Crippen molar-refractivity contribution in [1.82, 2.24) is 0 Å². The molecule has 1 aromatic rings. The quantitative estimate of drug-likeness (QED) is 0.689. The number of alkyl halides is 2. The molecule has 0 bridgehead atoms. The van der Waals surface area contributed by atoms with Crippen LogP contribution in [0.2, 0.25) is 0 Å². The molecule has 4 heteroatoms. The van der Waals surface area contributed by atoms with Crippen LogP contribution in [0.5, 0.6) is 5.95 Å². The monoisotopic (exact) mass is 230 g/mol. The van der Waals surface area contributed by atoms with Gasteiger partial charge in [-0.1, -0.05) is 19.9 Å². The molecular weight excluding hydrogens is 214 g/mol. The molecule has 0 amide bonds. The average Bonchev–Trinajstić information content (AvgIpc) is 2.74. The van der Waals surface area contributed by atoms with Crippen molar-refractivity contribution in [2.24, 2.45) is 0 Å². The minimum atomic E-state index is -2.81. The van der Waals surface area contributed by atoms with Gasteiger partial charge < -0.3 is 9.15 Å². The van der Waals surface area contributed by atoms with E-state index in [1.165, 1.54) is 6.92 Å². The van der Waals surface area contributed by atoms with Crippen molar-refractivity contribution in [3.8, 4) is 5.95 Å². The zero-order valence-corrected chi connectivity index (χ0v) is 9.50. The van der Waals surface area contributed by atoms with Crippen LogP contribution in [-0.2, 0) is 0 Å². The standard InChI is InChI=1S/C12H16F2O2/c1-4-9(3)10-6-7-11(16-10)15-8-12(13,14)5-2/h4,6-7,9H,1,5,8H2,2-3H3/t9-/m0/s1. The van der Waals surface area contributed by atoms with Gasteiger partial charge in [0.1, 0.15) is 5.76 Å². The number of rotatable bonds is 6. The summed E-state index contributed by atoms with van der Waals surface area (Å²) in [7, 11) is 0. The normalized spacial score (nSPS) is 13.5. The van der Waals surface area contributed by atoms with Crippen LogP contribution in [0, 0.1) is 0 Å². The third kappa shape index (κ3) is 3.36. The summed E-state index contributed by atoms with van der Waals surface area (Å²) in [4.78, 5) is 0. The Morgan fingerprint density at radius 3 is 2.81 bits per heavy atom. The molecule has 1 atom stereocenters. The number of ether oxygens (including phenoxy) is 1. The predicted octanol–water partition coefficient (Wildman–Crippen LogP) is 3.99. The van der Waals surface area contributed by atoms with Crippen LogP contribution in [0.3, 0.4) is 0 Å². The van der Waals surface area contributed by atoms with Crippen LogP contribution in [0.4, 0.5) is 8.78 Å². The highest BCUT2D eigenvalue weighted by molar-refractivity contribution is 5.17. The Bertz CT molecular complexity index is 345. The van der Waals surface area contributed by atoms with Gasteiger partial charge in [-0.25, -0.2) is 8.78 Å². The van der Waals surface area contributed by atoms with Crippen LogP contribution in [-0.4, -0.2) is 12.5 Å². The van der Waals surface area contributed by atoms with E-state index < -0.39 is 12.5 Å². The van der Waals surface area contributed by atoms with Crippen molar-refractivity contribution in [2.75, 3.05) is 6.61 Å². The van der Waals surface area contributed by atoms with Gasteiger partial charge in [-0.3, -0.25) is 0 Å². The molecule has 0 N–H and O–H groups in total. The maximum atomic E-state index is 12.9. The number of hydrogen-bond donors (Lipinski definition) is 0. The van der Waals surface area contributed by atoms with Crippen molar-refractivity contribution in [3.05, 3.63) is 30.5 Å². The highest BCUT2D eigenvalue weighted by Crippen LogP contribution is 2.25. The Hall–Kier alpha value is -1.32.